The first-order valence-electron chi connectivity index (χ1n) is 4.50. The van der Waals surface area contributed by atoms with Crippen molar-refractivity contribution in [3.05, 3.63) is 0 Å². The summed E-state index contributed by atoms with van der Waals surface area (Å²) in [5.74, 6) is 0. The summed E-state index contributed by atoms with van der Waals surface area (Å²) in [6.45, 7) is 2.54. The maximum absolute atomic E-state index is 11.3. The third-order valence-electron chi connectivity index (χ3n) is 1.94. The number of likely N-dealkylation sites (tertiary alicyclic amines) is 1. The molecule has 1 saturated heterocycles. The lowest BCUT2D eigenvalue weighted by Gasteiger charge is -2.15. The molecule has 0 spiro atoms. The molecule has 13 heavy (non-hydrogen) atoms. The van der Waals surface area contributed by atoms with E-state index in [0.717, 1.165) is 25.9 Å². The normalized spacial score (nSPS) is 16.2. The number of ether oxygens (including phenoxy) is 1. The van der Waals surface area contributed by atoms with E-state index in [4.69, 9.17) is 9.57 Å². The molecule has 1 heterocycles. The zero-order valence-electron chi connectivity index (χ0n) is 7.91. The second kappa shape index (κ2) is 5.77. The lowest BCUT2D eigenvalue weighted by atomic mass is 10.4. The Morgan fingerprint density at radius 1 is 1.38 bits per heavy atom. The van der Waals surface area contributed by atoms with Gasteiger partial charge in [-0.1, -0.05) is 0 Å². The van der Waals surface area contributed by atoms with Crippen molar-refractivity contribution >= 4 is 6.03 Å². The number of urea groups is 1. The highest BCUT2D eigenvalue weighted by atomic mass is 16.7. The zero-order chi connectivity index (χ0) is 9.52. The average Bonchev–Trinajstić information content (AvgIpc) is 2.65. The van der Waals surface area contributed by atoms with Crippen LogP contribution in [0.25, 0.3) is 0 Å². The van der Waals surface area contributed by atoms with Crippen LogP contribution in [0.3, 0.4) is 0 Å². The number of hydrogen-bond donors (Lipinski definition) is 1. The molecule has 0 radical (unpaired) electrons. The Labute approximate surface area is 77.9 Å². The summed E-state index contributed by atoms with van der Waals surface area (Å²) < 4.78 is 4.76. The molecule has 1 aliphatic heterocycles. The quantitative estimate of drug-likeness (QED) is 0.512. The summed E-state index contributed by atoms with van der Waals surface area (Å²) in [5.41, 5.74) is 2.37. The standard InChI is InChI=1S/C8H16N2O3/c1-12-6-7-13-9-8(11)10-4-2-3-5-10/h2-7H2,1H3,(H,9,11). The number of methoxy groups -OCH3 is 1. The van der Waals surface area contributed by atoms with Crippen LogP contribution in [0.2, 0.25) is 0 Å². The first-order chi connectivity index (χ1) is 6.34. The molecule has 76 valence electrons. The zero-order valence-corrected chi connectivity index (χ0v) is 7.91. The predicted octanol–water partition coefficient (Wildman–Crippen LogP) is 0.370. The maximum atomic E-state index is 11.3. The van der Waals surface area contributed by atoms with Crippen molar-refractivity contribution in [2.45, 2.75) is 12.8 Å². The van der Waals surface area contributed by atoms with Gasteiger partial charge in [0.15, 0.2) is 0 Å². The molecule has 0 aromatic carbocycles. The van der Waals surface area contributed by atoms with Crippen molar-refractivity contribution in [2.24, 2.45) is 0 Å². The number of nitrogens with zero attached hydrogens (tertiary/aromatic N) is 1. The molecular formula is C8H16N2O3. The van der Waals surface area contributed by atoms with Gasteiger partial charge >= 0.3 is 6.03 Å². The highest BCUT2D eigenvalue weighted by molar-refractivity contribution is 5.73. The van der Waals surface area contributed by atoms with Gasteiger partial charge in [-0.3, -0.25) is 4.84 Å². The lowest BCUT2D eigenvalue weighted by Crippen LogP contribution is -2.38. The summed E-state index contributed by atoms with van der Waals surface area (Å²) in [5, 5.41) is 0. The number of carbonyl (C=O) groups excluding carboxylic acids is 1. The van der Waals surface area contributed by atoms with Crippen LogP contribution in [-0.2, 0) is 9.57 Å². The Bertz CT molecular complexity index is 157. The van der Waals surface area contributed by atoms with Crippen molar-refractivity contribution in [1.82, 2.24) is 10.4 Å². The van der Waals surface area contributed by atoms with Gasteiger partial charge < -0.3 is 9.64 Å². The molecule has 1 aliphatic rings. The van der Waals surface area contributed by atoms with Gasteiger partial charge in [0.2, 0.25) is 0 Å². The molecular weight excluding hydrogens is 172 g/mol. The van der Waals surface area contributed by atoms with Crippen LogP contribution in [-0.4, -0.2) is 44.3 Å². The Balaban J connectivity index is 2.03. The smallest absolute Gasteiger partial charge is 0.341 e. The molecule has 5 nitrogen and oxygen atoms in total. The minimum atomic E-state index is -0.145. The van der Waals surface area contributed by atoms with E-state index in [1.54, 1.807) is 12.0 Å². The summed E-state index contributed by atoms with van der Waals surface area (Å²) in [6.07, 6.45) is 2.18. The average molecular weight is 188 g/mol. The fraction of sp³-hybridized carbons (Fsp3) is 0.875. The van der Waals surface area contributed by atoms with Gasteiger partial charge in [0.05, 0.1) is 13.2 Å². The van der Waals surface area contributed by atoms with Gasteiger partial charge in [0, 0.05) is 20.2 Å². The monoisotopic (exact) mass is 188 g/mol. The van der Waals surface area contributed by atoms with E-state index in [1.165, 1.54) is 0 Å². The van der Waals surface area contributed by atoms with E-state index < -0.39 is 0 Å². The van der Waals surface area contributed by atoms with Crippen LogP contribution in [0.15, 0.2) is 0 Å². The third kappa shape index (κ3) is 3.61. The van der Waals surface area contributed by atoms with Crippen LogP contribution in [0, 0.1) is 0 Å². The molecule has 0 bridgehead atoms. The van der Waals surface area contributed by atoms with E-state index in [9.17, 15) is 4.79 Å². The number of nitrogens with one attached hydrogen (secondary N) is 1. The SMILES string of the molecule is COCCONC(=O)N1CCCC1. The Morgan fingerprint density at radius 3 is 2.69 bits per heavy atom. The van der Waals surface area contributed by atoms with Gasteiger partial charge in [-0.05, 0) is 12.8 Å². The highest BCUT2D eigenvalue weighted by Gasteiger charge is 2.17. The lowest BCUT2D eigenvalue weighted by molar-refractivity contribution is 0.0173. The Hall–Kier alpha value is -0.810. The van der Waals surface area contributed by atoms with Crippen LogP contribution in [0.1, 0.15) is 12.8 Å². The van der Waals surface area contributed by atoms with Crippen molar-refractivity contribution in [3.8, 4) is 0 Å². The number of rotatable bonds is 4. The number of hydroxylamine groups is 1. The van der Waals surface area contributed by atoms with Crippen molar-refractivity contribution < 1.29 is 14.4 Å². The van der Waals surface area contributed by atoms with Gasteiger partial charge in [0.25, 0.3) is 0 Å². The maximum Gasteiger partial charge on any atom is 0.341 e. The summed E-state index contributed by atoms with van der Waals surface area (Å²) in [4.78, 5) is 17.9. The first-order valence-corrected chi connectivity index (χ1v) is 4.50. The fourth-order valence-corrected chi connectivity index (χ4v) is 1.22. The third-order valence-corrected chi connectivity index (χ3v) is 1.94. The molecule has 0 aromatic heterocycles. The molecule has 1 rings (SSSR count). The Morgan fingerprint density at radius 2 is 2.08 bits per heavy atom. The predicted molar refractivity (Wildman–Crippen MR) is 47.2 cm³/mol. The fourth-order valence-electron chi connectivity index (χ4n) is 1.22. The molecule has 1 N–H and O–H groups in total. The molecule has 0 aliphatic carbocycles. The van der Waals surface area contributed by atoms with E-state index >= 15 is 0 Å². The van der Waals surface area contributed by atoms with E-state index in [0.29, 0.717) is 13.2 Å². The van der Waals surface area contributed by atoms with E-state index in [2.05, 4.69) is 5.48 Å². The van der Waals surface area contributed by atoms with Crippen LogP contribution in [0.4, 0.5) is 4.79 Å². The minimum absolute atomic E-state index is 0.145. The van der Waals surface area contributed by atoms with Crippen LogP contribution >= 0.6 is 0 Å². The van der Waals surface area contributed by atoms with Crippen LogP contribution < -0.4 is 5.48 Å². The number of carbonyl (C=O) groups is 1. The molecule has 2 amide bonds. The number of amides is 2. The molecule has 0 unspecified atom stereocenters. The van der Waals surface area contributed by atoms with Gasteiger partial charge in [-0.25, -0.2) is 10.3 Å². The summed E-state index contributed by atoms with van der Waals surface area (Å²) in [7, 11) is 1.59. The topological polar surface area (TPSA) is 50.8 Å². The first kappa shape index (κ1) is 10.3. The van der Waals surface area contributed by atoms with E-state index in [1.807, 2.05) is 0 Å². The van der Waals surface area contributed by atoms with Crippen molar-refractivity contribution in [3.63, 3.8) is 0 Å². The second-order valence-electron chi connectivity index (χ2n) is 2.94. The molecule has 5 heteroatoms. The molecule has 0 atom stereocenters. The summed E-state index contributed by atoms with van der Waals surface area (Å²) >= 11 is 0. The molecule has 0 saturated carbocycles. The minimum Gasteiger partial charge on any atom is -0.382 e. The molecule has 1 fully saturated rings. The Kier molecular flexibility index (Phi) is 4.56. The van der Waals surface area contributed by atoms with Crippen molar-refractivity contribution in [1.29, 1.82) is 0 Å². The van der Waals surface area contributed by atoms with Crippen molar-refractivity contribution in [2.75, 3.05) is 33.4 Å². The van der Waals surface area contributed by atoms with Gasteiger partial charge in [-0.15, -0.1) is 0 Å². The largest absolute Gasteiger partial charge is 0.382 e. The van der Waals surface area contributed by atoms with Gasteiger partial charge in [0.1, 0.15) is 0 Å². The molecule has 0 aromatic rings. The van der Waals surface area contributed by atoms with Gasteiger partial charge in [-0.2, -0.15) is 0 Å². The second-order valence-corrected chi connectivity index (χ2v) is 2.94. The number of hydrogen-bond acceptors (Lipinski definition) is 3. The highest BCUT2D eigenvalue weighted by Crippen LogP contribution is 2.06. The summed E-state index contributed by atoms with van der Waals surface area (Å²) in [6, 6.07) is -0.145. The van der Waals surface area contributed by atoms with E-state index in [-0.39, 0.29) is 6.03 Å². The van der Waals surface area contributed by atoms with Crippen LogP contribution in [0.5, 0.6) is 0 Å².